The van der Waals surface area contributed by atoms with Gasteiger partial charge in [-0.05, 0) is 61.2 Å². The molecule has 122 valence electrons. The van der Waals surface area contributed by atoms with Crippen LogP contribution in [0.15, 0.2) is 48.5 Å². The Bertz CT molecular complexity index is 777. The number of likely N-dealkylation sites (tertiary alicyclic amines) is 1. The van der Waals surface area contributed by atoms with Crippen molar-refractivity contribution in [3.8, 4) is 11.8 Å². The van der Waals surface area contributed by atoms with Crippen molar-refractivity contribution in [3.05, 3.63) is 71.0 Å². The van der Waals surface area contributed by atoms with E-state index in [4.69, 9.17) is 0 Å². The van der Waals surface area contributed by atoms with E-state index in [-0.39, 0.29) is 11.7 Å². The van der Waals surface area contributed by atoms with Crippen LogP contribution in [0.25, 0.3) is 0 Å². The fourth-order valence-corrected chi connectivity index (χ4v) is 2.80. The van der Waals surface area contributed by atoms with Crippen molar-refractivity contribution in [2.75, 3.05) is 13.1 Å². The zero-order valence-corrected chi connectivity index (χ0v) is 13.8. The Morgan fingerprint density at radius 1 is 1.04 bits per heavy atom. The molecule has 1 amide bonds. The van der Waals surface area contributed by atoms with Crippen molar-refractivity contribution < 1.29 is 9.18 Å². The fourth-order valence-electron chi connectivity index (χ4n) is 2.80. The van der Waals surface area contributed by atoms with Crippen molar-refractivity contribution in [3.63, 3.8) is 0 Å². The molecule has 0 radical (unpaired) electrons. The van der Waals surface area contributed by atoms with E-state index in [1.54, 1.807) is 12.1 Å². The summed E-state index contributed by atoms with van der Waals surface area (Å²) in [6.07, 6.45) is 2.14. The topological polar surface area (TPSA) is 20.3 Å². The van der Waals surface area contributed by atoms with Crippen LogP contribution in [0.4, 0.5) is 4.39 Å². The second-order valence-electron chi connectivity index (χ2n) is 6.31. The van der Waals surface area contributed by atoms with Crippen molar-refractivity contribution in [2.24, 2.45) is 5.92 Å². The quantitative estimate of drug-likeness (QED) is 0.724. The molecule has 1 aliphatic rings. The van der Waals surface area contributed by atoms with E-state index in [0.29, 0.717) is 17.0 Å². The molecule has 0 atom stereocenters. The average molecular weight is 321 g/mol. The first kappa shape index (κ1) is 16.3. The van der Waals surface area contributed by atoms with Gasteiger partial charge in [-0.15, -0.1) is 0 Å². The number of piperidine rings is 1. The molecule has 2 nitrogen and oxygen atoms in total. The minimum Gasteiger partial charge on any atom is -0.339 e. The van der Waals surface area contributed by atoms with Gasteiger partial charge in [-0.2, -0.15) is 0 Å². The van der Waals surface area contributed by atoms with Gasteiger partial charge >= 0.3 is 0 Å². The predicted molar refractivity (Wildman–Crippen MR) is 93.1 cm³/mol. The number of halogens is 1. The molecule has 0 bridgehead atoms. The highest BCUT2D eigenvalue weighted by atomic mass is 19.1. The number of carbonyl (C=O) groups excluding carboxylic acids is 1. The van der Waals surface area contributed by atoms with Crippen LogP contribution in [-0.2, 0) is 0 Å². The summed E-state index contributed by atoms with van der Waals surface area (Å²) in [5.41, 5.74) is 2.14. The molecule has 2 aromatic carbocycles. The first-order chi connectivity index (χ1) is 11.6. The third-order valence-electron chi connectivity index (χ3n) is 4.38. The maximum atomic E-state index is 13.1. The van der Waals surface area contributed by atoms with Crippen molar-refractivity contribution in [1.82, 2.24) is 4.90 Å². The summed E-state index contributed by atoms with van der Waals surface area (Å²) in [7, 11) is 0. The van der Waals surface area contributed by atoms with Gasteiger partial charge < -0.3 is 4.90 Å². The van der Waals surface area contributed by atoms with E-state index in [1.807, 2.05) is 29.2 Å². The minimum absolute atomic E-state index is 0.0894. The molecular weight excluding hydrogens is 301 g/mol. The highest BCUT2D eigenvalue weighted by Crippen LogP contribution is 2.18. The molecule has 2 aromatic rings. The zero-order valence-electron chi connectivity index (χ0n) is 13.8. The molecule has 1 saturated heterocycles. The largest absolute Gasteiger partial charge is 0.339 e. The number of rotatable bonds is 1. The van der Waals surface area contributed by atoms with Gasteiger partial charge in [0.1, 0.15) is 5.82 Å². The number of amides is 1. The first-order valence-corrected chi connectivity index (χ1v) is 8.29. The summed E-state index contributed by atoms with van der Waals surface area (Å²) in [5, 5.41) is 0. The highest BCUT2D eigenvalue weighted by Gasteiger charge is 2.21. The normalized spacial score (nSPS) is 14.8. The standard InChI is InChI=1S/C21H20FNO/c1-16-11-13-23(14-12-16)21(24)19-9-7-17(8-10-19)5-6-18-3-2-4-20(22)15-18/h2-4,7-10,15-16H,11-14H2,1H3. The van der Waals surface area contributed by atoms with Crippen LogP contribution >= 0.6 is 0 Å². The summed E-state index contributed by atoms with van der Waals surface area (Å²) >= 11 is 0. The van der Waals surface area contributed by atoms with Gasteiger partial charge in [0.05, 0.1) is 0 Å². The van der Waals surface area contributed by atoms with Gasteiger partial charge in [0.25, 0.3) is 5.91 Å². The summed E-state index contributed by atoms with van der Waals surface area (Å²) in [6.45, 7) is 3.90. The monoisotopic (exact) mass is 321 g/mol. The van der Waals surface area contributed by atoms with Crippen molar-refractivity contribution in [1.29, 1.82) is 0 Å². The molecule has 3 rings (SSSR count). The van der Waals surface area contributed by atoms with Gasteiger partial charge in [-0.1, -0.05) is 24.8 Å². The SMILES string of the molecule is CC1CCN(C(=O)c2ccc(C#Cc3cccc(F)c3)cc2)CC1. The van der Waals surface area contributed by atoms with E-state index < -0.39 is 0 Å². The Labute approximate surface area is 142 Å². The first-order valence-electron chi connectivity index (χ1n) is 8.29. The number of hydrogen-bond donors (Lipinski definition) is 0. The number of hydrogen-bond acceptors (Lipinski definition) is 1. The minimum atomic E-state index is -0.293. The van der Waals surface area contributed by atoms with Crippen LogP contribution in [0.1, 0.15) is 41.3 Å². The van der Waals surface area contributed by atoms with Crippen molar-refractivity contribution >= 4 is 5.91 Å². The van der Waals surface area contributed by atoms with Crippen LogP contribution in [0.5, 0.6) is 0 Å². The average Bonchev–Trinajstić information content (AvgIpc) is 2.61. The van der Waals surface area contributed by atoms with Crippen LogP contribution < -0.4 is 0 Å². The third kappa shape index (κ3) is 4.02. The number of carbonyl (C=O) groups is 1. The number of nitrogens with zero attached hydrogens (tertiary/aromatic N) is 1. The molecule has 0 aromatic heterocycles. The lowest BCUT2D eigenvalue weighted by atomic mass is 9.98. The second kappa shape index (κ2) is 7.31. The molecule has 0 saturated carbocycles. The van der Waals surface area contributed by atoms with Crippen LogP contribution in [0.2, 0.25) is 0 Å². The molecule has 0 N–H and O–H groups in total. The molecule has 0 spiro atoms. The smallest absolute Gasteiger partial charge is 0.253 e. The Morgan fingerprint density at radius 3 is 2.38 bits per heavy atom. The van der Waals surface area contributed by atoms with E-state index in [9.17, 15) is 9.18 Å². The Hall–Kier alpha value is -2.60. The zero-order chi connectivity index (χ0) is 16.9. The molecule has 3 heteroatoms. The van der Waals surface area contributed by atoms with E-state index >= 15 is 0 Å². The maximum Gasteiger partial charge on any atom is 0.253 e. The van der Waals surface area contributed by atoms with Crippen LogP contribution in [-0.4, -0.2) is 23.9 Å². The molecule has 0 unspecified atom stereocenters. The third-order valence-corrected chi connectivity index (χ3v) is 4.38. The lowest BCUT2D eigenvalue weighted by Crippen LogP contribution is -2.37. The van der Waals surface area contributed by atoms with Gasteiger partial charge in [-0.25, -0.2) is 4.39 Å². The summed E-state index contributed by atoms with van der Waals surface area (Å²) in [4.78, 5) is 14.4. The molecular formula is C21H20FNO. The van der Waals surface area contributed by atoms with Gasteiger partial charge in [-0.3, -0.25) is 4.79 Å². The van der Waals surface area contributed by atoms with E-state index in [1.165, 1.54) is 12.1 Å². The summed E-state index contributed by atoms with van der Waals surface area (Å²) < 4.78 is 13.1. The van der Waals surface area contributed by atoms with E-state index in [0.717, 1.165) is 31.5 Å². The summed E-state index contributed by atoms with van der Waals surface area (Å²) in [5.74, 6) is 6.43. The Morgan fingerprint density at radius 2 is 1.71 bits per heavy atom. The van der Waals surface area contributed by atoms with Gasteiger partial charge in [0.15, 0.2) is 0 Å². The number of benzene rings is 2. The highest BCUT2D eigenvalue weighted by molar-refractivity contribution is 5.94. The molecule has 1 aliphatic heterocycles. The van der Waals surface area contributed by atoms with Crippen LogP contribution in [0, 0.1) is 23.6 Å². The maximum absolute atomic E-state index is 13.1. The molecule has 0 aliphatic carbocycles. The Kier molecular flexibility index (Phi) is 4.96. The van der Waals surface area contributed by atoms with Gasteiger partial charge in [0.2, 0.25) is 0 Å². The van der Waals surface area contributed by atoms with Crippen LogP contribution in [0.3, 0.4) is 0 Å². The van der Waals surface area contributed by atoms with E-state index in [2.05, 4.69) is 18.8 Å². The van der Waals surface area contributed by atoms with Crippen molar-refractivity contribution in [2.45, 2.75) is 19.8 Å². The second-order valence-corrected chi connectivity index (χ2v) is 6.31. The summed E-state index contributed by atoms with van der Waals surface area (Å²) in [6, 6.07) is 13.5. The predicted octanol–water partition coefficient (Wildman–Crippen LogP) is 4.10. The van der Waals surface area contributed by atoms with Gasteiger partial charge in [0, 0.05) is 29.8 Å². The lowest BCUT2D eigenvalue weighted by molar-refractivity contribution is 0.0697. The fraction of sp³-hybridized carbons (Fsp3) is 0.286. The Balaban J connectivity index is 1.68. The molecule has 1 fully saturated rings. The molecule has 24 heavy (non-hydrogen) atoms. The lowest BCUT2D eigenvalue weighted by Gasteiger charge is -2.30. The molecule has 1 heterocycles.